The van der Waals surface area contributed by atoms with Crippen molar-refractivity contribution in [3.63, 3.8) is 0 Å². The lowest BCUT2D eigenvalue weighted by Crippen LogP contribution is -2.35. The fourth-order valence-electron chi connectivity index (χ4n) is 5.52. The average Bonchev–Trinajstić information content (AvgIpc) is 3.29. The Morgan fingerprint density at radius 1 is 1.09 bits per heavy atom. The molecule has 0 saturated heterocycles. The van der Waals surface area contributed by atoms with Gasteiger partial charge in [0.05, 0.1) is 17.8 Å². The van der Waals surface area contributed by atoms with Crippen LogP contribution in [0, 0.1) is 11.3 Å². The van der Waals surface area contributed by atoms with Gasteiger partial charge in [-0.1, -0.05) is 30.7 Å². The Bertz CT molecular complexity index is 1200. The molecule has 3 aromatic rings. The first-order valence-electron chi connectivity index (χ1n) is 11.5. The second kappa shape index (κ2) is 7.40. The van der Waals surface area contributed by atoms with E-state index in [0.717, 1.165) is 11.3 Å². The number of aliphatic hydroxyl groups is 3. The van der Waals surface area contributed by atoms with Crippen LogP contribution in [0.3, 0.4) is 0 Å². The van der Waals surface area contributed by atoms with E-state index in [-0.39, 0.29) is 18.6 Å². The zero-order valence-electron chi connectivity index (χ0n) is 17.9. The third-order valence-corrected chi connectivity index (χ3v) is 7.63. The lowest BCUT2D eigenvalue weighted by atomic mass is 9.57. The number of benzene rings is 1. The lowest BCUT2D eigenvalue weighted by Gasteiger charge is -2.47. The van der Waals surface area contributed by atoms with Crippen LogP contribution in [0.25, 0.3) is 22.5 Å². The number of nitrogens with zero attached hydrogens (tertiary/aromatic N) is 3. The van der Waals surface area contributed by atoms with Crippen molar-refractivity contribution in [2.45, 2.75) is 50.4 Å². The van der Waals surface area contributed by atoms with Crippen LogP contribution in [0.2, 0.25) is 0 Å². The highest BCUT2D eigenvalue weighted by molar-refractivity contribution is 5.77. The van der Waals surface area contributed by atoms with Crippen molar-refractivity contribution in [1.29, 1.82) is 0 Å². The number of rotatable bonds is 5. The number of nitrogens with one attached hydrogen (secondary N) is 1. The average molecular weight is 433 g/mol. The summed E-state index contributed by atoms with van der Waals surface area (Å²) < 4.78 is 1.74. The minimum absolute atomic E-state index is 0.151. The molecule has 6 rings (SSSR count). The van der Waals surface area contributed by atoms with E-state index < -0.39 is 12.2 Å². The number of allylic oxidation sites excluding steroid dienone is 2. The van der Waals surface area contributed by atoms with Gasteiger partial charge >= 0.3 is 0 Å². The minimum Gasteiger partial charge on any atom is -0.396 e. The molecular weight excluding hydrogens is 404 g/mol. The van der Waals surface area contributed by atoms with Gasteiger partial charge in [-0.05, 0) is 54.4 Å². The van der Waals surface area contributed by atoms with Crippen LogP contribution in [0.4, 0.5) is 5.82 Å². The summed E-state index contributed by atoms with van der Waals surface area (Å²) in [5.74, 6) is 0.358. The van der Waals surface area contributed by atoms with E-state index in [1.165, 1.54) is 36.8 Å². The van der Waals surface area contributed by atoms with Crippen molar-refractivity contribution in [2.75, 3.05) is 11.9 Å². The van der Waals surface area contributed by atoms with E-state index in [2.05, 4.69) is 40.6 Å². The second-order valence-electron chi connectivity index (χ2n) is 9.68. The highest BCUT2D eigenvalue weighted by Crippen LogP contribution is 2.56. The maximum atomic E-state index is 10.4. The van der Waals surface area contributed by atoms with Gasteiger partial charge in [0, 0.05) is 30.4 Å². The summed E-state index contributed by atoms with van der Waals surface area (Å²) in [6.07, 6.45) is 7.96. The first kappa shape index (κ1) is 19.9. The molecular formula is C25H28N4O3. The molecule has 3 aliphatic carbocycles. The van der Waals surface area contributed by atoms with Crippen LogP contribution < -0.4 is 5.32 Å². The molecule has 7 heteroatoms. The Morgan fingerprint density at radius 2 is 1.91 bits per heavy atom. The largest absolute Gasteiger partial charge is 0.396 e. The van der Waals surface area contributed by atoms with E-state index in [4.69, 9.17) is 5.10 Å². The summed E-state index contributed by atoms with van der Waals surface area (Å²) in [5, 5.41) is 38.0. The highest BCUT2D eigenvalue weighted by atomic mass is 16.3. The zero-order chi connectivity index (χ0) is 21.9. The molecule has 166 valence electrons. The molecule has 4 N–H and O–H groups in total. The predicted octanol–water partition coefficient (Wildman–Crippen LogP) is 2.87. The Hall–Kier alpha value is -2.74. The zero-order valence-corrected chi connectivity index (χ0v) is 17.9. The van der Waals surface area contributed by atoms with Gasteiger partial charge in [-0.3, -0.25) is 0 Å². The third-order valence-electron chi connectivity index (χ3n) is 7.63. The van der Waals surface area contributed by atoms with Gasteiger partial charge in [-0.15, -0.1) is 0 Å². The van der Waals surface area contributed by atoms with Crippen molar-refractivity contribution in [3.05, 3.63) is 54.2 Å². The van der Waals surface area contributed by atoms with E-state index in [1.807, 2.05) is 12.1 Å². The van der Waals surface area contributed by atoms with E-state index in [0.29, 0.717) is 23.3 Å². The van der Waals surface area contributed by atoms with Crippen LogP contribution in [0.5, 0.6) is 0 Å². The fourth-order valence-corrected chi connectivity index (χ4v) is 5.52. The molecule has 2 heterocycles. The standard InChI is InChI=1S/C25H28N4O3/c30-14-17-10-20(24(32)23(17)31)27-21-5-8-26-22-11-19(28-29(21)22)16-4-1-3-15(9-16)18-12-25(13-18)6-2-7-25/h1,3-5,8-9,11-12,17,20,23-24,27,30-32H,2,6-7,10,13-14H2/t17-,20-,23-,24+/m1/s1. The molecule has 2 saturated carbocycles. The van der Waals surface area contributed by atoms with Gasteiger partial charge in [0.1, 0.15) is 11.9 Å². The normalized spacial score (nSPS) is 28.4. The Balaban J connectivity index is 1.28. The van der Waals surface area contributed by atoms with Crippen molar-refractivity contribution in [3.8, 4) is 11.3 Å². The van der Waals surface area contributed by atoms with Gasteiger partial charge in [0.2, 0.25) is 0 Å². The molecule has 2 fully saturated rings. The highest BCUT2D eigenvalue weighted by Gasteiger charge is 2.42. The van der Waals surface area contributed by atoms with E-state index in [9.17, 15) is 15.3 Å². The summed E-state index contributed by atoms with van der Waals surface area (Å²) in [6, 6.07) is 11.9. The summed E-state index contributed by atoms with van der Waals surface area (Å²) in [6.45, 7) is -0.151. The monoisotopic (exact) mass is 432 g/mol. The van der Waals surface area contributed by atoms with Crippen molar-refractivity contribution >= 4 is 17.0 Å². The number of fused-ring (bicyclic) bond motifs is 1. The summed E-state index contributed by atoms with van der Waals surface area (Å²) >= 11 is 0. The molecule has 1 aromatic carbocycles. The SMILES string of the molecule is OC[C@H]1C[C@@H](Nc2ccnc3cc(-c4cccc(C5=CC6(CCC6)C5)c4)nn23)[C@H](O)[C@@H]1O. The summed E-state index contributed by atoms with van der Waals surface area (Å²) in [5.41, 5.74) is 5.79. The lowest BCUT2D eigenvalue weighted by molar-refractivity contribution is 0.00444. The van der Waals surface area contributed by atoms with E-state index in [1.54, 1.807) is 10.7 Å². The molecule has 0 radical (unpaired) electrons. The van der Waals surface area contributed by atoms with Crippen LogP contribution in [0.1, 0.15) is 37.7 Å². The molecule has 0 unspecified atom stereocenters. The molecule has 2 aromatic heterocycles. The van der Waals surface area contributed by atoms with Gasteiger partial charge < -0.3 is 20.6 Å². The van der Waals surface area contributed by atoms with Gasteiger partial charge in [0.15, 0.2) is 5.65 Å². The first-order valence-corrected chi connectivity index (χ1v) is 11.5. The molecule has 32 heavy (non-hydrogen) atoms. The van der Waals surface area contributed by atoms with Gasteiger partial charge in [-0.2, -0.15) is 9.61 Å². The minimum atomic E-state index is -0.947. The maximum Gasteiger partial charge on any atom is 0.157 e. The maximum absolute atomic E-state index is 10.4. The number of aromatic nitrogens is 3. The summed E-state index contributed by atoms with van der Waals surface area (Å²) in [4.78, 5) is 4.45. The third kappa shape index (κ3) is 3.15. The van der Waals surface area contributed by atoms with Crippen LogP contribution >= 0.6 is 0 Å². The number of hydrogen-bond donors (Lipinski definition) is 4. The predicted molar refractivity (Wildman–Crippen MR) is 122 cm³/mol. The van der Waals surface area contributed by atoms with Crippen molar-refractivity contribution < 1.29 is 15.3 Å². The summed E-state index contributed by atoms with van der Waals surface area (Å²) in [7, 11) is 0. The van der Waals surface area contributed by atoms with Gasteiger partial charge in [0.25, 0.3) is 0 Å². The molecule has 3 aliphatic rings. The molecule has 0 bridgehead atoms. The number of anilines is 1. The molecule has 1 spiro atoms. The number of hydrogen-bond acceptors (Lipinski definition) is 6. The quantitative estimate of drug-likeness (QED) is 0.494. The van der Waals surface area contributed by atoms with Gasteiger partial charge in [-0.25, -0.2) is 4.98 Å². The molecule has 0 amide bonds. The smallest absolute Gasteiger partial charge is 0.157 e. The van der Waals surface area contributed by atoms with Crippen LogP contribution in [0.15, 0.2) is 48.7 Å². The Labute approximate surface area is 186 Å². The van der Waals surface area contributed by atoms with Crippen molar-refractivity contribution in [2.24, 2.45) is 11.3 Å². The van der Waals surface area contributed by atoms with E-state index >= 15 is 0 Å². The van der Waals surface area contributed by atoms with Crippen molar-refractivity contribution in [1.82, 2.24) is 14.6 Å². The molecule has 4 atom stereocenters. The molecule has 7 nitrogen and oxygen atoms in total. The Kier molecular flexibility index (Phi) is 4.61. The molecule has 0 aliphatic heterocycles. The Morgan fingerprint density at radius 3 is 2.62 bits per heavy atom. The first-order chi connectivity index (χ1) is 15.5. The van der Waals surface area contributed by atoms with Crippen LogP contribution in [-0.4, -0.2) is 54.8 Å². The number of aliphatic hydroxyl groups excluding tert-OH is 3. The fraction of sp³-hybridized carbons (Fsp3) is 0.440. The second-order valence-corrected chi connectivity index (χ2v) is 9.68. The topological polar surface area (TPSA) is 103 Å². The van der Waals surface area contributed by atoms with Crippen LogP contribution in [-0.2, 0) is 0 Å².